The summed E-state index contributed by atoms with van der Waals surface area (Å²) in [7, 11) is 0. The quantitative estimate of drug-likeness (QED) is 0.742. The van der Waals surface area contributed by atoms with Gasteiger partial charge in [0.1, 0.15) is 11.1 Å². The lowest BCUT2D eigenvalue weighted by atomic mass is 9.72. The van der Waals surface area contributed by atoms with Gasteiger partial charge in [-0.25, -0.2) is 0 Å². The van der Waals surface area contributed by atoms with Crippen LogP contribution in [0.2, 0.25) is 0 Å². The monoisotopic (exact) mass is 377 g/mol. The summed E-state index contributed by atoms with van der Waals surface area (Å²) in [6.07, 6.45) is 5.35. The van der Waals surface area contributed by atoms with Crippen molar-refractivity contribution in [2.24, 2.45) is 11.3 Å². The lowest BCUT2D eigenvalue weighted by Crippen LogP contribution is -2.33. The van der Waals surface area contributed by atoms with E-state index in [1.54, 1.807) is 11.3 Å². The van der Waals surface area contributed by atoms with E-state index in [0.717, 1.165) is 42.7 Å². The van der Waals surface area contributed by atoms with Crippen molar-refractivity contribution in [1.82, 2.24) is 5.32 Å². The maximum absolute atomic E-state index is 11.8. The minimum atomic E-state index is -0.0769. The molecule has 0 radical (unpaired) electrons. The number of nitrogens with zero attached hydrogens (tertiary/aromatic N) is 1. The number of anilines is 1. The largest absolute Gasteiger partial charge is 0.323 e. The standard InChI is InChI=1S/C19H27N3OS2/c1-5-6-7-16(23)21-18(24)22-17-14(11-20)13-9-8-12(19(2,3)4)10-15(13)25-17/h12H,5-10H2,1-4H3,(H2,21,22,23,24)/t12-/m0/s1. The molecular formula is C19H27N3OS2. The maximum atomic E-state index is 11.8. The Hall–Kier alpha value is -1.45. The van der Waals surface area contributed by atoms with Gasteiger partial charge in [-0.15, -0.1) is 11.3 Å². The zero-order chi connectivity index (χ0) is 18.6. The maximum Gasteiger partial charge on any atom is 0.226 e. The van der Waals surface area contributed by atoms with Gasteiger partial charge in [0.05, 0.1) is 5.56 Å². The summed E-state index contributed by atoms with van der Waals surface area (Å²) >= 11 is 6.85. The Morgan fingerprint density at radius 3 is 2.76 bits per heavy atom. The number of amides is 1. The van der Waals surface area contributed by atoms with Crippen molar-refractivity contribution < 1.29 is 4.79 Å². The number of nitriles is 1. The van der Waals surface area contributed by atoms with Crippen LogP contribution in [0.25, 0.3) is 0 Å². The molecule has 1 amide bonds. The van der Waals surface area contributed by atoms with E-state index in [0.29, 0.717) is 17.9 Å². The second kappa shape index (κ2) is 8.29. The Morgan fingerprint density at radius 1 is 1.44 bits per heavy atom. The Labute approximate surface area is 160 Å². The molecule has 0 fully saturated rings. The van der Waals surface area contributed by atoms with Crippen molar-refractivity contribution >= 4 is 39.6 Å². The second-order valence-electron chi connectivity index (χ2n) is 7.73. The van der Waals surface area contributed by atoms with Crippen molar-refractivity contribution in [2.45, 2.75) is 66.2 Å². The molecule has 0 spiro atoms. The fourth-order valence-electron chi connectivity index (χ4n) is 3.19. The highest BCUT2D eigenvalue weighted by Crippen LogP contribution is 2.43. The van der Waals surface area contributed by atoms with E-state index >= 15 is 0 Å². The molecule has 1 atom stereocenters. The van der Waals surface area contributed by atoms with Gasteiger partial charge in [-0.2, -0.15) is 5.26 Å². The third-order valence-electron chi connectivity index (χ3n) is 4.84. The summed E-state index contributed by atoms with van der Waals surface area (Å²) in [5.41, 5.74) is 2.12. The first kappa shape index (κ1) is 19.9. The molecule has 1 aromatic heterocycles. The minimum absolute atomic E-state index is 0.0769. The highest BCUT2D eigenvalue weighted by molar-refractivity contribution is 7.80. The molecule has 0 bridgehead atoms. The van der Waals surface area contributed by atoms with E-state index in [4.69, 9.17) is 12.2 Å². The molecule has 0 aromatic carbocycles. The summed E-state index contributed by atoms with van der Waals surface area (Å²) in [6, 6.07) is 2.33. The SMILES string of the molecule is CCCCC(=O)NC(=S)Nc1sc2c(c1C#N)CC[C@H](C(C)(C)C)C2. The van der Waals surface area contributed by atoms with Crippen molar-refractivity contribution in [3.8, 4) is 6.07 Å². The van der Waals surface area contributed by atoms with Crippen LogP contribution in [0.4, 0.5) is 5.00 Å². The van der Waals surface area contributed by atoms with Crippen LogP contribution in [-0.2, 0) is 17.6 Å². The molecule has 6 heteroatoms. The fraction of sp³-hybridized carbons (Fsp3) is 0.632. The first-order valence-corrected chi connectivity index (χ1v) is 10.1. The first-order valence-electron chi connectivity index (χ1n) is 8.91. The number of nitrogens with one attached hydrogen (secondary N) is 2. The number of unbranched alkanes of at least 4 members (excludes halogenated alkanes) is 1. The van der Waals surface area contributed by atoms with Gasteiger partial charge in [0.15, 0.2) is 5.11 Å². The zero-order valence-corrected chi connectivity index (χ0v) is 17.1. The Balaban J connectivity index is 2.10. The van der Waals surface area contributed by atoms with Gasteiger partial charge in [-0.1, -0.05) is 34.1 Å². The topological polar surface area (TPSA) is 64.9 Å². The molecule has 25 heavy (non-hydrogen) atoms. The van der Waals surface area contributed by atoms with Crippen molar-refractivity contribution in [3.63, 3.8) is 0 Å². The summed E-state index contributed by atoms with van der Waals surface area (Å²) in [4.78, 5) is 13.1. The predicted octanol–water partition coefficient (Wildman–Crippen LogP) is 4.77. The molecule has 0 unspecified atom stereocenters. The van der Waals surface area contributed by atoms with E-state index in [2.05, 4.69) is 37.5 Å². The second-order valence-corrected chi connectivity index (χ2v) is 9.24. The van der Waals surface area contributed by atoms with Gasteiger partial charge in [0, 0.05) is 11.3 Å². The summed E-state index contributed by atoms with van der Waals surface area (Å²) in [6.45, 7) is 8.88. The van der Waals surface area contributed by atoms with Gasteiger partial charge in [-0.3, -0.25) is 4.79 Å². The molecule has 1 heterocycles. The van der Waals surface area contributed by atoms with E-state index in [9.17, 15) is 10.1 Å². The number of thiophene rings is 1. The number of thiocarbonyl (C=S) groups is 1. The zero-order valence-electron chi connectivity index (χ0n) is 15.5. The van der Waals surface area contributed by atoms with Crippen LogP contribution < -0.4 is 10.6 Å². The normalized spacial score (nSPS) is 16.7. The van der Waals surface area contributed by atoms with Gasteiger partial charge in [0.25, 0.3) is 0 Å². The van der Waals surface area contributed by atoms with E-state index in [1.165, 1.54) is 4.88 Å². The molecule has 136 valence electrons. The van der Waals surface area contributed by atoms with Gasteiger partial charge in [0.2, 0.25) is 5.91 Å². The summed E-state index contributed by atoms with van der Waals surface area (Å²) in [5, 5.41) is 16.4. The molecule has 1 aliphatic rings. The number of hydrogen-bond donors (Lipinski definition) is 2. The highest BCUT2D eigenvalue weighted by Gasteiger charge is 2.32. The van der Waals surface area contributed by atoms with Crippen LogP contribution in [-0.4, -0.2) is 11.0 Å². The highest BCUT2D eigenvalue weighted by atomic mass is 32.1. The third kappa shape index (κ3) is 5.02. The number of carbonyl (C=O) groups is 1. The van der Waals surface area contributed by atoms with Crippen molar-refractivity contribution in [1.29, 1.82) is 5.26 Å². The van der Waals surface area contributed by atoms with Crippen molar-refractivity contribution in [2.75, 3.05) is 5.32 Å². The molecule has 1 aromatic rings. The predicted molar refractivity (Wildman–Crippen MR) is 108 cm³/mol. The van der Waals surface area contributed by atoms with E-state index < -0.39 is 0 Å². The minimum Gasteiger partial charge on any atom is -0.323 e. The number of hydrogen-bond acceptors (Lipinski definition) is 4. The average molecular weight is 378 g/mol. The molecule has 2 N–H and O–H groups in total. The van der Waals surface area contributed by atoms with Crippen LogP contribution in [0.5, 0.6) is 0 Å². The number of carbonyl (C=O) groups excluding carboxylic acids is 1. The molecule has 0 saturated carbocycles. The molecule has 2 rings (SSSR count). The smallest absolute Gasteiger partial charge is 0.226 e. The van der Waals surface area contributed by atoms with Crippen LogP contribution >= 0.6 is 23.6 Å². The lowest BCUT2D eigenvalue weighted by molar-refractivity contribution is -0.119. The fourth-order valence-corrected chi connectivity index (χ4v) is 4.76. The Morgan fingerprint density at radius 2 is 2.16 bits per heavy atom. The molecule has 0 saturated heterocycles. The molecule has 0 aliphatic heterocycles. The Bertz CT molecular complexity index is 695. The number of fused-ring (bicyclic) bond motifs is 1. The van der Waals surface area contributed by atoms with Gasteiger partial charge >= 0.3 is 0 Å². The van der Waals surface area contributed by atoms with Crippen LogP contribution in [0, 0.1) is 22.7 Å². The summed E-state index contributed by atoms with van der Waals surface area (Å²) in [5.74, 6) is 0.547. The molecular weight excluding hydrogens is 350 g/mol. The lowest BCUT2D eigenvalue weighted by Gasteiger charge is -2.33. The van der Waals surface area contributed by atoms with Gasteiger partial charge in [-0.05, 0) is 54.8 Å². The molecule has 1 aliphatic carbocycles. The summed E-state index contributed by atoms with van der Waals surface area (Å²) < 4.78 is 0. The number of rotatable bonds is 4. The van der Waals surface area contributed by atoms with Crippen molar-refractivity contribution in [3.05, 3.63) is 16.0 Å². The van der Waals surface area contributed by atoms with E-state index in [-0.39, 0.29) is 16.4 Å². The average Bonchev–Trinajstić information content (AvgIpc) is 2.87. The third-order valence-corrected chi connectivity index (χ3v) is 6.21. The van der Waals surface area contributed by atoms with Crippen LogP contribution in [0.3, 0.4) is 0 Å². The van der Waals surface area contributed by atoms with Gasteiger partial charge < -0.3 is 10.6 Å². The van der Waals surface area contributed by atoms with E-state index in [1.807, 2.05) is 6.92 Å². The Kier molecular flexibility index (Phi) is 6.59. The first-order chi connectivity index (χ1) is 11.8. The van der Waals surface area contributed by atoms with Crippen LogP contribution in [0.15, 0.2) is 0 Å². The van der Waals surface area contributed by atoms with Crippen LogP contribution in [0.1, 0.15) is 69.4 Å². The molecule has 4 nitrogen and oxygen atoms in total.